The van der Waals surface area contributed by atoms with E-state index in [4.69, 9.17) is 5.11 Å². The molecule has 0 saturated carbocycles. The van der Waals surface area contributed by atoms with Gasteiger partial charge < -0.3 is 10.4 Å². The first-order chi connectivity index (χ1) is 9.19. The maximum atomic E-state index is 11.5. The number of aromatic amines is 2. The van der Waals surface area contributed by atoms with E-state index in [9.17, 15) is 14.4 Å². The van der Waals surface area contributed by atoms with Crippen molar-refractivity contribution in [3.05, 3.63) is 20.8 Å². The number of nitrogens with one attached hydrogen (secondary N) is 3. The summed E-state index contributed by atoms with van der Waals surface area (Å²) in [4.78, 5) is 41.0. The van der Waals surface area contributed by atoms with Crippen molar-refractivity contribution >= 4 is 24.0 Å². The van der Waals surface area contributed by atoms with E-state index < -0.39 is 11.2 Å². The van der Waals surface area contributed by atoms with Gasteiger partial charge in [-0.25, -0.2) is 9.79 Å². The number of aliphatic imine (C=N–C) groups is 1. The van der Waals surface area contributed by atoms with Gasteiger partial charge in [-0.3, -0.25) is 19.6 Å². The third kappa shape index (κ3) is 4.88. The number of rotatable bonds is 8. The van der Waals surface area contributed by atoms with Crippen LogP contribution in [0.4, 0.5) is 11.5 Å². The second-order valence-electron chi connectivity index (χ2n) is 3.76. The van der Waals surface area contributed by atoms with Crippen LogP contribution in [0.15, 0.2) is 14.6 Å². The Morgan fingerprint density at radius 1 is 1.21 bits per heavy atom. The third-order valence-electron chi connectivity index (χ3n) is 2.32. The number of H-pyrrole nitrogens is 2. The van der Waals surface area contributed by atoms with Gasteiger partial charge in [0.2, 0.25) is 0 Å². The number of hydrogen-bond donors (Lipinski definition) is 4. The molecule has 0 saturated heterocycles. The van der Waals surface area contributed by atoms with Crippen LogP contribution >= 0.6 is 0 Å². The van der Waals surface area contributed by atoms with Crippen LogP contribution in [0.5, 0.6) is 0 Å². The SMILES string of the molecule is O=CC=Nc1c(NCCCCCO)[nH]c(=O)[nH]c1=O. The number of aliphatic hydroxyl groups is 1. The molecule has 0 aliphatic heterocycles. The number of anilines is 1. The predicted molar refractivity (Wildman–Crippen MR) is 71.3 cm³/mol. The van der Waals surface area contributed by atoms with Crippen molar-refractivity contribution < 1.29 is 9.90 Å². The molecule has 0 aromatic carbocycles. The first kappa shape index (κ1) is 14.8. The molecule has 0 amide bonds. The lowest BCUT2D eigenvalue weighted by molar-refractivity contribution is -0.102. The van der Waals surface area contributed by atoms with Gasteiger partial charge in [0.15, 0.2) is 12.0 Å². The monoisotopic (exact) mass is 268 g/mol. The van der Waals surface area contributed by atoms with Crippen molar-refractivity contribution in [3.63, 3.8) is 0 Å². The first-order valence-electron chi connectivity index (χ1n) is 5.88. The normalized spacial score (nSPS) is 10.8. The largest absolute Gasteiger partial charge is 0.396 e. The highest BCUT2D eigenvalue weighted by molar-refractivity contribution is 6.13. The second kappa shape index (κ2) is 7.98. The summed E-state index contributed by atoms with van der Waals surface area (Å²) in [6.07, 6.45) is 3.66. The van der Waals surface area contributed by atoms with Crippen LogP contribution in [0.25, 0.3) is 0 Å². The molecule has 1 rings (SSSR count). The number of nitrogens with zero attached hydrogens (tertiary/aromatic N) is 1. The predicted octanol–water partition coefficient (Wildman–Crippen LogP) is -0.461. The van der Waals surface area contributed by atoms with E-state index >= 15 is 0 Å². The van der Waals surface area contributed by atoms with Gasteiger partial charge in [0.05, 0.1) is 6.21 Å². The molecule has 8 nitrogen and oxygen atoms in total. The maximum absolute atomic E-state index is 11.5. The molecule has 0 radical (unpaired) electrons. The molecule has 1 heterocycles. The van der Waals surface area contributed by atoms with Crippen LogP contribution in [-0.2, 0) is 4.79 Å². The Kier molecular flexibility index (Phi) is 6.23. The fraction of sp³-hybridized carbons (Fsp3) is 0.455. The number of carbonyl (C=O) groups is 1. The molecule has 0 bridgehead atoms. The molecular weight excluding hydrogens is 252 g/mol. The summed E-state index contributed by atoms with van der Waals surface area (Å²) in [5, 5.41) is 11.5. The van der Waals surface area contributed by atoms with Crippen molar-refractivity contribution in [3.8, 4) is 0 Å². The van der Waals surface area contributed by atoms with E-state index in [0.29, 0.717) is 19.3 Å². The fourth-order valence-corrected chi connectivity index (χ4v) is 1.46. The number of aldehydes is 1. The van der Waals surface area contributed by atoms with Crippen LogP contribution < -0.4 is 16.6 Å². The van der Waals surface area contributed by atoms with Crippen LogP contribution in [-0.4, -0.2) is 40.7 Å². The standard InChI is InChI=1S/C11H16N4O4/c16-6-3-1-2-4-13-9-8(12-5-7-17)10(18)15-11(19)14-9/h5,7,16H,1-4,6H2,(H3,13,14,15,18,19). The number of aromatic nitrogens is 2. The highest BCUT2D eigenvalue weighted by Gasteiger charge is 2.07. The zero-order valence-corrected chi connectivity index (χ0v) is 10.3. The lowest BCUT2D eigenvalue weighted by atomic mass is 10.2. The molecule has 19 heavy (non-hydrogen) atoms. The Balaban J connectivity index is 2.80. The Bertz CT molecular complexity index is 546. The average Bonchev–Trinajstić information content (AvgIpc) is 2.37. The average molecular weight is 268 g/mol. The van der Waals surface area contributed by atoms with E-state index in [1.807, 2.05) is 4.98 Å². The van der Waals surface area contributed by atoms with E-state index in [0.717, 1.165) is 19.1 Å². The molecule has 8 heteroatoms. The summed E-state index contributed by atoms with van der Waals surface area (Å²) < 4.78 is 0. The minimum Gasteiger partial charge on any atom is -0.396 e. The Morgan fingerprint density at radius 3 is 2.68 bits per heavy atom. The van der Waals surface area contributed by atoms with Crippen LogP contribution in [0.1, 0.15) is 19.3 Å². The summed E-state index contributed by atoms with van der Waals surface area (Å²) in [6, 6.07) is 0. The maximum Gasteiger partial charge on any atom is 0.327 e. The smallest absolute Gasteiger partial charge is 0.327 e. The Morgan fingerprint density at radius 2 is 2.00 bits per heavy atom. The van der Waals surface area contributed by atoms with Crippen molar-refractivity contribution in [1.29, 1.82) is 0 Å². The molecule has 0 fully saturated rings. The molecule has 0 unspecified atom stereocenters. The highest BCUT2D eigenvalue weighted by Crippen LogP contribution is 2.14. The van der Waals surface area contributed by atoms with Crippen molar-refractivity contribution in [2.45, 2.75) is 19.3 Å². The van der Waals surface area contributed by atoms with Gasteiger partial charge in [-0.05, 0) is 19.3 Å². The Labute approximate surface area is 108 Å². The second-order valence-corrected chi connectivity index (χ2v) is 3.76. The van der Waals surface area contributed by atoms with Gasteiger partial charge in [-0.15, -0.1) is 0 Å². The summed E-state index contributed by atoms with van der Waals surface area (Å²) >= 11 is 0. The first-order valence-corrected chi connectivity index (χ1v) is 5.88. The molecule has 0 aliphatic rings. The molecule has 1 aromatic heterocycles. The number of aliphatic hydroxyl groups excluding tert-OH is 1. The summed E-state index contributed by atoms with van der Waals surface area (Å²) in [5.41, 5.74) is -1.36. The molecule has 1 aromatic rings. The van der Waals surface area contributed by atoms with Crippen molar-refractivity contribution in [2.24, 2.45) is 4.99 Å². The summed E-state index contributed by atoms with van der Waals surface area (Å²) in [5.74, 6) is 0.177. The van der Waals surface area contributed by atoms with Crippen LogP contribution in [0, 0.1) is 0 Å². The van der Waals surface area contributed by atoms with Crippen molar-refractivity contribution in [2.75, 3.05) is 18.5 Å². The van der Waals surface area contributed by atoms with E-state index in [-0.39, 0.29) is 18.1 Å². The van der Waals surface area contributed by atoms with Crippen LogP contribution in [0.2, 0.25) is 0 Å². The molecule has 4 N–H and O–H groups in total. The van der Waals surface area contributed by atoms with Gasteiger partial charge in [0, 0.05) is 13.2 Å². The van der Waals surface area contributed by atoms with Gasteiger partial charge in [-0.1, -0.05) is 0 Å². The summed E-state index contributed by atoms with van der Waals surface area (Å²) in [7, 11) is 0. The van der Waals surface area contributed by atoms with E-state index in [1.54, 1.807) is 0 Å². The van der Waals surface area contributed by atoms with Gasteiger partial charge in [0.1, 0.15) is 5.82 Å². The quantitative estimate of drug-likeness (QED) is 0.288. The lowest BCUT2D eigenvalue weighted by Crippen LogP contribution is -2.24. The number of unbranched alkanes of at least 4 members (excludes halogenated alkanes) is 2. The number of hydrogen-bond acceptors (Lipinski definition) is 6. The third-order valence-corrected chi connectivity index (χ3v) is 2.32. The van der Waals surface area contributed by atoms with Gasteiger partial charge in [0.25, 0.3) is 5.56 Å². The molecule has 0 atom stereocenters. The topological polar surface area (TPSA) is 127 Å². The van der Waals surface area contributed by atoms with E-state index in [2.05, 4.69) is 15.3 Å². The molecular formula is C11H16N4O4. The zero-order valence-electron chi connectivity index (χ0n) is 10.3. The van der Waals surface area contributed by atoms with Crippen LogP contribution in [0.3, 0.4) is 0 Å². The van der Waals surface area contributed by atoms with Crippen molar-refractivity contribution in [1.82, 2.24) is 9.97 Å². The van der Waals surface area contributed by atoms with Gasteiger partial charge in [-0.2, -0.15) is 0 Å². The van der Waals surface area contributed by atoms with E-state index in [1.165, 1.54) is 0 Å². The minimum absolute atomic E-state index is 0.0474. The molecule has 104 valence electrons. The Hall–Kier alpha value is -2.22. The zero-order chi connectivity index (χ0) is 14.1. The number of carbonyl (C=O) groups excluding carboxylic acids is 1. The van der Waals surface area contributed by atoms with Gasteiger partial charge >= 0.3 is 5.69 Å². The fourth-order valence-electron chi connectivity index (χ4n) is 1.46. The lowest BCUT2D eigenvalue weighted by Gasteiger charge is -2.07. The minimum atomic E-state index is -0.667. The molecule has 0 spiro atoms. The molecule has 0 aliphatic carbocycles. The summed E-state index contributed by atoms with van der Waals surface area (Å²) in [6.45, 7) is 0.652. The highest BCUT2D eigenvalue weighted by atomic mass is 16.3.